The van der Waals surface area contributed by atoms with E-state index in [1.54, 1.807) is 0 Å². The molecule has 1 nitrogen and oxygen atoms in total. The van der Waals surface area contributed by atoms with Gasteiger partial charge in [0.05, 0.1) is 0 Å². The molecular formula is C5H11NaO. The van der Waals surface area contributed by atoms with Gasteiger partial charge in [-0.05, 0) is 0 Å². The molecule has 1 unspecified atom stereocenters. The zero-order valence-electron chi connectivity index (χ0n) is 5.40. The van der Waals surface area contributed by atoms with Crippen LogP contribution in [-0.2, 0) is 0 Å². The fraction of sp³-hybridized carbons (Fsp3) is 1.00. The molecule has 0 aliphatic carbocycles. The number of hydrogen-bond acceptors (Lipinski definition) is 1. The molecule has 0 aliphatic rings. The fourth-order valence-corrected chi connectivity index (χ4v) is 0.118. The Balaban J connectivity index is 0. The van der Waals surface area contributed by atoms with Gasteiger partial charge < -0.3 is 5.11 Å². The molecule has 0 amide bonds. The van der Waals surface area contributed by atoms with Crippen LogP contribution < -0.4 is 34.7 Å². The van der Waals surface area contributed by atoms with Crippen LogP contribution >= 0.6 is 0 Å². The van der Waals surface area contributed by atoms with E-state index < -0.39 is 0 Å². The van der Waals surface area contributed by atoms with Gasteiger partial charge in [0.25, 0.3) is 0 Å². The summed E-state index contributed by atoms with van der Waals surface area (Å²) in [7, 11) is 0. The van der Waals surface area contributed by atoms with Crippen molar-refractivity contribution < 1.29 is 34.7 Å². The quantitative estimate of drug-likeness (QED) is 0.357. The summed E-state index contributed by atoms with van der Waals surface area (Å²) in [5, 5.41) is 9.86. The van der Waals surface area contributed by atoms with Crippen molar-refractivity contribution in [2.24, 2.45) is 5.92 Å². The third-order valence-electron chi connectivity index (χ3n) is 0.981. The molecule has 0 fully saturated rings. The van der Waals surface area contributed by atoms with Crippen molar-refractivity contribution >= 4 is 0 Å². The first-order valence-electron chi connectivity index (χ1n) is 2.39. The molecule has 0 spiro atoms. The van der Waals surface area contributed by atoms with E-state index in [4.69, 9.17) is 0 Å². The van der Waals surface area contributed by atoms with Crippen LogP contribution in [0, 0.1) is 5.92 Å². The summed E-state index contributed by atoms with van der Waals surface area (Å²) in [6.07, 6.45) is 1.02. The Kier molecular flexibility index (Phi) is 10.8. The molecule has 0 rings (SSSR count). The molecule has 0 N–H and O–H groups in total. The van der Waals surface area contributed by atoms with Crippen LogP contribution in [0.5, 0.6) is 0 Å². The van der Waals surface area contributed by atoms with Crippen LogP contribution in [0.2, 0.25) is 0 Å². The summed E-state index contributed by atoms with van der Waals surface area (Å²) >= 11 is 0. The summed E-state index contributed by atoms with van der Waals surface area (Å²) in [5.41, 5.74) is 0. The van der Waals surface area contributed by atoms with Gasteiger partial charge in [-0.2, -0.15) is 0 Å². The molecule has 0 radical (unpaired) electrons. The third-order valence-corrected chi connectivity index (χ3v) is 0.981. The van der Waals surface area contributed by atoms with E-state index in [1.807, 2.05) is 13.8 Å². The average Bonchev–Trinajstić information content (AvgIpc) is 1.65. The van der Waals surface area contributed by atoms with Gasteiger partial charge in [-0.3, -0.25) is 0 Å². The largest absolute Gasteiger partial charge is 1.00 e. The SMILES string of the molecule is CCC(C)C[O-].[Na+]. The maximum atomic E-state index is 9.86. The Hall–Kier alpha value is 0.960. The Morgan fingerprint density at radius 2 is 2.00 bits per heavy atom. The molecule has 0 aliphatic heterocycles. The van der Waals surface area contributed by atoms with Crippen LogP contribution in [0.4, 0.5) is 0 Å². The van der Waals surface area contributed by atoms with Crippen LogP contribution in [-0.4, -0.2) is 6.61 Å². The van der Waals surface area contributed by atoms with Gasteiger partial charge >= 0.3 is 29.6 Å². The van der Waals surface area contributed by atoms with Crippen LogP contribution in [0.15, 0.2) is 0 Å². The Morgan fingerprint density at radius 1 is 1.57 bits per heavy atom. The summed E-state index contributed by atoms with van der Waals surface area (Å²) in [5.74, 6) is 0.380. The first-order valence-corrected chi connectivity index (χ1v) is 2.39. The van der Waals surface area contributed by atoms with Crippen LogP contribution in [0.1, 0.15) is 20.3 Å². The second-order valence-electron chi connectivity index (χ2n) is 1.68. The number of rotatable bonds is 2. The smallest absolute Gasteiger partial charge is 0.854 e. The molecule has 0 aromatic heterocycles. The van der Waals surface area contributed by atoms with Crippen molar-refractivity contribution in [2.75, 3.05) is 6.61 Å². The van der Waals surface area contributed by atoms with E-state index in [1.165, 1.54) is 0 Å². The van der Waals surface area contributed by atoms with Crippen molar-refractivity contribution in [1.82, 2.24) is 0 Å². The van der Waals surface area contributed by atoms with Crippen molar-refractivity contribution in [3.63, 3.8) is 0 Å². The van der Waals surface area contributed by atoms with E-state index in [2.05, 4.69) is 0 Å². The number of hydrogen-bond donors (Lipinski definition) is 0. The van der Waals surface area contributed by atoms with Gasteiger partial charge in [0.1, 0.15) is 0 Å². The van der Waals surface area contributed by atoms with Gasteiger partial charge in [-0.15, -0.1) is 6.61 Å². The Morgan fingerprint density at radius 3 is 2.00 bits per heavy atom. The zero-order chi connectivity index (χ0) is 4.99. The standard InChI is InChI=1S/C5H11O.Na/c1-3-5(2)4-6;/h5H,3-4H2,1-2H3;/q-1;+1. The topological polar surface area (TPSA) is 23.1 Å². The maximum Gasteiger partial charge on any atom is 1.00 e. The molecule has 38 valence electrons. The molecule has 0 heterocycles. The van der Waals surface area contributed by atoms with E-state index in [9.17, 15) is 5.11 Å². The third kappa shape index (κ3) is 6.96. The van der Waals surface area contributed by atoms with Gasteiger partial charge in [0.15, 0.2) is 0 Å². The fourth-order valence-electron chi connectivity index (χ4n) is 0.118. The van der Waals surface area contributed by atoms with Crippen molar-refractivity contribution in [1.29, 1.82) is 0 Å². The van der Waals surface area contributed by atoms with Crippen molar-refractivity contribution in [3.8, 4) is 0 Å². The first kappa shape index (κ1) is 10.9. The first-order chi connectivity index (χ1) is 2.81. The predicted octanol–water partition coefficient (Wildman–Crippen LogP) is -2.60. The summed E-state index contributed by atoms with van der Waals surface area (Å²) in [6, 6.07) is 0. The Bertz CT molecular complexity index is 27.3. The second-order valence-corrected chi connectivity index (χ2v) is 1.68. The molecule has 7 heavy (non-hydrogen) atoms. The molecule has 0 aromatic carbocycles. The van der Waals surface area contributed by atoms with Crippen LogP contribution in [0.25, 0.3) is 0 Å². The summed E-state index contributed by atoms with van der Waals surface area (Å²) < 4.78 is 0. The molecule has 1 atom stereocenters. The monoisotopic (exact) mass is 110 g/mol. The van der Waals surface area contributed by atoms with Crippen LogP contribution in [0.3, 0.4) is 0 Å². The normalized spacial score (nSPS) is 12.4. The molecule has 0 saturated carbocycles. The molecule has 0 aromatic rings. The molecular weight excluding hydrogens is 99.0 g/mol. The molecule has 0 saturated heterocycles. The summed E-state index contributed by atoms with van der Waals surface area (Å²) in [4.78, 5) is 0. The van der Waals surface area contributed by atoms with Gasteiger partial charge in [-0.25, -0.2) is 0 Å². The van der Waals surface area contributed by atoms with Crippen molar-refractivity contribution in [3.05, 3.63) is 0 Å². The minimum Gasteiger partial charge on any atom is -0.854 e. The van der Waals surface area contributed by atoms with E-state index in [0.29, 0.717) is 5.92 Å². The van der Waals surface area contributed by atoms with Gasteiger partial charge in [0, 0.05) is 0 Å². The maximum absolute atomic E-state index is 9.86. The summed E-state index contributed by atoms with van der Waals surface area (Å²) in [6.45, 7) is 4.08. The van der Waals surface area contributed by atoms with E-state index in [0.717, 1.165) is 6.42 Å². The van der Waals surface area contributed by atoms with E-state index >= 15 is 0 Å². The molecule has 2 heteroatoms. The Labute approximate surface area is 67.4 Å². The zero-order valence-corrected chi connectivity index (χ0v) is 7.40. The molecule has 0 bridgehead atoms. The predicted molar refractivity (Wildman–Crippen MR) is 24.3 cm³/mol. The van der Waals surface area contributed by atoms with Gasteiger partial charge in [0.2, 0.25) is 0 Å². The van der Waals surface area contributed by atoms with E-state index in [-0.39, 0.29) is 36.2 Å². The van der Waals surface area contributed by atoms with Crippen molar-refractivity contribution in [2.45, 2.75) is 20.3 Å². The van der Waals surface area contributed by atoms with Gasteiger partial charge in [-0.1, -0.05) is 26.2 Å². The minimum atomic E-state index is 0. The second kappa shape index (κ2) is 6.96. The minimum absolute atomic E-state index is 0. The average molecular weight is 110 g/mol.